The third-order valence-corrected chi connectivity index (χ3v) is 2.95. The van der Waals surface area contributed by atoms with Gasteiger partial charge in [0.1, 0.15) is 0 Å². The number of likely N-dealkylation sites (tertiary alicyclic amines) is 1. The highest BCUT2D eigenvalue weighted by molar-refractivity contribution is 5.75. The minimum Gasteiger partial charge on any atom is -0.396 e. The van der Waals surface area contributed by atoms with Crippen molar-refractivity contribution in [2.45, 2.75) is 25.7 Å². The van der Waals surface area contributed by atoms with Gasteiger partial charge in [0.25, 0.3) is 0 Å². The first kappa shape index (κ1) is 12.4. The van der Waals surface area contributed by atoms with Crippen LogP contribution in [0, 0.1) is 5.92 Å². The van der Waals surface area contributed by atoms with Crippen molar-refractivity contribution < 1.29 is 9.90 Å². The molecule has 1 fully saturated rings. The molecule has 0 radical (unpaired) electrons. The number of amides is 1. The molecule has 1 unspecified atom stereocenters. The van der Waals surface area contributed by atoms with Crippen LogP contribution in [0.15, 0.2) is 0 Å². The van der Waals surface area contributed by atoms with E-state index in [-0.39, 0.29) is 12.5 Å². The molecule has 1 heterocycles. The first-order valence-corrected chi connectivity index (χ1v) is 5.59. The molecule has 0 aromatic carbocycles. The SMILES string of the molecule is NNC(=O)CCCN1CCC(CCO)C1. The van der Waals surface area contributed by atoms with Gasteiger partial charge in [0.2, 0.25) is 5.91 Å². The smallest absolute Gasteiger partial charge is 0.233 e. The Morgan fingerprint density at radius 3 is 3.07 bits per heavy atom. The number of carbonyl (C=O) groups excluding carboxylic acids is 1. The van der Waals surface area contributed by atoms with Gasteiger partial charge in [0.15, 0.2) is 0 Å². The maximum absolute atomic E-state index is 10.9. The van der Waals surface area contributed by atoms with Gasteiger partial charge in [-0.05, 0) is 38.3 Å². The predicted molar refractivity (Wildman–Crippen MR) is 57.8 cm³/mol. The summed E-state index contributed by atoms with van der Waals surface area (Å²) in [6.07, 6.45) is 3.43. The highest BCUT2D eigenvalue weighted by Gasteiger charge is 2.21. The van der Waals surface area contributed by atoms with Gasteiger partial charge in [0, 0.05) is 19.6 Å². The number of nitrogens with zero attached hydrogens (tertiary/aromatic N) is 1. The Hall–Kier alpha value is -0.650. The van der Waals surface area contributed by atoms with Crippen LogP contribution >= 0.6 is 0 Å². The molecule has 1 aliphatic heterocycles. The lowest BCUT2D eigenvalue weighted by Gasteiger charge is -2.15. The fraction of sp³-hybridized carbons (Fsp3) is 0.900. The van der Waals surface area contributed by atoms with Crippen LogP contribution in [-0.2, 0) is 4.79 Å². The summed E-state index contributed by atoms with van der Waals surface area (Å²) >= 11 is 0. The molecule has 1 atom stereocenters. The molecular formula is C10H21N3O2. The zero-order valence-electron chi connectivity index (χ0n) is 9.11. The molecule has 4 N–H and O–H groups in total. The molecule has 0 aromatic rings. The highest BCUT2D eigenvalue weighted by Crippen LogP contribution is 2.19. The third kappa shape index (κ3) is 4.59. The minimum absolute atomic E-state index is 0.0962. The number of carbonyl (C=O) groups is 1. The molecule has 5 nitrogen and oxygen atoms in total. The molecule has 0 saturated carbocycles. The van der Waals surface area contributed by atoms with E-state index < -0.39 is 0 Å². The van der Waals surface area contributed by atoms with Crippen molar-refractivity contribution in [3.05, 3.63) is 0 Å². The van der Waals surface area contributed by atoms with Crippen LogP contribution < -0.4 is 11.3 Å². The van der Waals surface area contributed by atoms with E-state index in [1.807, 2.05) is 0 Å². The molecule has 1 saturated heterocycles. The van der Waals surface area contributed by atoms with E-state index in [4.69, 9.17) is 10.9 Å². The first-order valence-electron chi connectivity index (χ1n) is 5.59. The zero-order chi connectivity index (χ0) is 11.1. The van der Waals surface area contributed by atoms with Crippen LogP contribution in [0.1, 0.15) is 25.7 Å². The van der Waals surface area contributed by atoms with Gasteiger partial charge in [-0.25, -0.2) is 5.84 Å². The third-order valence-electron chi connectivity index (χ3n) is 2.95. The number of nitrogens with two attached hydrogens (primary N) is 1. The van der Waals surface area contributed by atoms with Gasteiger partial charge in [-0.2, -0.15) is 0 Å². The number of hydrogen-bond acceptors (Lipinski definition) is 4. The van der Waals surface area contributed by atoms with E-state index in [9.17, 15) is 4.79 Å². The van der Waals surface area contributed by atoms with E-state index in [1.165, 1.54) is 6.42 Å². The maximum Gasteiger partial charge on any atom is 0.233 e. The molecule has 0 aliphatic carbocycles. The number of hydrogen-bond donors (Lipinski definition) is 3. The standard InChI is InChI=1S/C10H21N3O2/c11-12-10(15)2-1-5-13-6-3-9(8-13)4-7-14/h9,14H,1-8,11H2,(H,12,15). The van der Waals surface area contributed by atoms with Crippen LogP contribution in [0.25, 0.3) is 0 Å². The van der Waals surface area contributed by atoms with Crippen molar-refractivity contribution in [1.82, 2.24) is 10.3 Å². The van der Waals surface area contributed by atoms with E-state index in [0.717, 1.165) is 32.5 Å². The van der Waals surface area contributed by atoms with Crippen molar-refractivity contribution >= 4 is 5.91 Å². The zero-order valence-corrected chi connectivity index (χ0v) is 9.11. The van der Waals surface area contributed by atoms with Gasteiger partial charge in [-0.15, -0.1) is 0 Å². The largest absolute Gasteiger partial charge is 0.396 e. The Bertz CT molecular complexity index is 199. The van der Waals surface area contributed by atoms with Crippen molar-refractivity contribution in [1.29, 1.82) is 0 Å². The Balaban J connectivity index is 2.06. The monoisotopic (exact) mass is 215 g/mol. The molecule has 0 aromatic heterocycles. The number of aliphatic hydroxyl groups is 1. The van der Waals surface area contributed by atoms with Gasteiger partial charge in [-0.3, -0.25) is 10.2 Å². The molecule has 1 aliphatic rings. The number of aliphatic hydroxyl groups excluding tert-OH is 1. The van der Waals surface area contributed by atoms with Crippen molar-refractivity contribution in [2.75, 3.05) is 26.2 Å². The van der Waals surface area contributed by atoms with Crippen molar-refractivity contribution in [3.63, 3.8) is 0 Å². The molecule has 1 rings (SSSR count). The van der Waals surface area contributed by atoms with Crippen LogP contribution in [0.5, 0.6) is 0 Å². The average Bonchev–Trinajstić information content (AvgIpc) is 2.66. The number of rotatable bonds is 6. The van der Waals surface area contributed by atoms with Gasteiger partial charge in [0.05, 0.1) is 0 Å². The second kappa shape index (κ2) is 6.76. The van der Waals surface area contributed by atoms with Crippen molar-refractivity contribution in [3.8, 4) is 0 Å². The molecular weight excluding hydrogens is 194 g/mol. The van der Waals surface area contributed by atoms with Gasteiger partial charge in [-0.1, -0.05) is 0 Å². The predicted octanol–water partition coefficient (Wildman–Crippen LogP) is -0.539. The second-order valence-corrected chi connectivity index (χ2v) is 4.14. The summed E-state index contributed by atoms with van der Waals surface area (Å²) in [5.74, 6) is 5.53. The van der Waals surface area contributed by atoms with E-state index >= 15 is 0 Å². The highest BCUT2D eigenvalue weighted by atomic mass is 16.3. The van der Waals surface area contributed by atoms with Crippen LogP contribution in [0.2, 0.25) is 0 Å². The number of hydrazine groups is 1. The normalized spacial score (nSPS) is 21.9. The lowest BCUT2D eigenvalue weighted by Crippen LogP contribution is -2.31. The van der Waals surface area contributed by atoms with E-state index in [0.29, 0.717) is 12.3 Å². The summed E-state index contributed by atoms with van der Waals surface area (Å²) in [7, 11) is 0. The Morgan fingerprint density at radius 2 is 2.40 bits per heavy atom. The van der Waals surface area contributed by atoms with Gasteiger partial charge >= 0.3 is 0 Å². The van der Waals surface area contributed by atoms with Crippen LogP contribution in [0.3, 0.4) is 0 Å². The fourth-order valence-corrected chi connectivity index (χ4v) is 2.07. The summed E-state index contributed by atoms with van der Waals surface area (Å²) < 4.78 is 0. The number of nitrogens with one attached hydrogen (secondary N) is 1. The topological polar surface area (TPSA) is 78.6 Å². The minimum atomic E-state index is -0.0962. The van der Waals surface area contributed by atoms with E-state index in [1.54, 1.807) is 0 Å². The average molecular weight is 215 g/mol. The Morgan fingerprint density at radius 1 is 1.60 bits per heavy atom. The first-order chi connectivity index (χ1) is 7.26. The summed E-state index contributed by atoms with van der Waals surface area (Å²) in [6.45, 7) is 3.39. The summed E-state index contributed by atoms with van der Waals surface area (Å²) in [4.78, 5) is 13.2. The Kier molecular flexibility index (Phi) is 5.60. The maximum atomic E-state index is 10.9. The summed E-state index contributed by atoms with van der Waals surface area (Å²) in [5, 5.41) is 8.81. The fourth-order valence-electron chi connectivity index (χ4n) is 2.07. The molecule has 0 bridgehead atoms. The van der Waals surface area contributed by atoms with Crippen molar-refractivity contribution in [2.24, 2.45) is 11.8 Å². The molecule has 88 valence electrons. The van der Waals surface area contributed by atoms with Gasteiger partial charge < -0.3 is 10.0 Å². The molecule has 0 spiro atoms. The lowest BCUT2D eigenvalue weighted by molar-refractivity contribution is -0.121. The van der Waals surface area contributed by atoms with Crippen LogP contribution in [-0.4, -0.2) is 42.2 Å². The second-order valence-electron chi connectivity index (χ2n) is 4.14. The molecule has 5 heteroatoms. The quantitative estimate of drug-likeness (QED) is 0.316. The Labute approximate surface area is 90.6 Å². The molecule has 15 heavy (non-hydrogen) atoms. The molecule has 1 amide bonds. The lowest BCUT2D eigenvalue weighted by atomic mass is 10.1. The van der Waals surface area contributed by atoms with Crippen LogP contribution in [0.4, 0.5) is 0 Å². The summed E-state index contributed by atoms with van der Waals surface area (Å²) in [5.41, 5.74) is 2.13. The summed E-state index contributed by atoms with van der Waals surface area (Å²) in [6, 6.07) is 0. The van der Waals surface area contributed by atoms with E-state index in [2.05, 4.69) is 10.3 Å².